The summed E-state index contributed by atoms with van der Waals surface area (Å²) in [5, 5.41) is 0. The number of amides is 1. The molecule has 0 spiro atoms. The minimum atomic E-state index is -0.159. The lowest BCUT2D eigenvalue weighted by atomic mass is 10.2. The number of aryl methyl sites for hydroxylation is 1. The van der Waals surface area contributed by atoms with Gasteiger partial charge in [0.05, 0.1) is 43.7 Å². The van der Waals surface area contributed by atoms with Gasteiger partial charge in [-0.3, -0.25) is 18.9 Å². The number of rotatable bonds is 5. The van der Waals surface area contributed by atoms with Gasteiger partial charge >= 0.3 is 0 Å². The van der Waals surface area contributed by atoms with Crippen molar-refractivity contribution in [3.05, 3.63) is 44.7 Å². The molecule has 7 nitrogen and oxygen atoms in total. The number of carbonyl (C=O) groups excluding carboxylic acids is 1. The fourth-order valence-electron chi connectivity index (χ4n) is 3.91. The van der Waals surface area contributed by atoms with E-state index in [1.54, 1.807) is 21.6 Å². The van der Waals surface area contributed by atoms with E-state index in [-0.39, 0.29) is 11.5 Å². The van der Waals surface area contributed by atoms with Gasteiger partial charge in [0, 0.05) is 12.7 Å². The Morgan fingerprint density at radius 1 is 1.29 bits per heavy atom. The van der Waals surface area contributed by atoms with E-state index in [0.717, 1.165) is 44.6 Å². The van der Waals surface area contributed by atoms with Crippen molar-refractivity contribution < 1.29 is 9.69 Å². The first kappa shape index (κ1) is 22.0. The molecule has 0 saturated carbocycles. The average molecular weight is 459 g/mol. The Labute approximate surface area is 191 Å². The maximum atomic E-state index is 13.5. The van der Waals surface area contributed by atoms with E-state index in [2.05, 4.69) is 18.9 Å². The Morgan fingerprint density at radius 3 is 2.74 bits per heavy atom. The van der Waals surface area contributed by atoms with Gasteiger partial charge in [0.1, 0.15) is 15.8 Å². The Morgan fingerprint density at radius 2 is 2.03 bits per heavy atom. The Bertz CT molecular complexity index is 1120. The quantitative estimate of drug-likeness (QED) is 0.539. The molecule has 2 aliphatic heterocycles. The van der Waals surface area contributed by atoms with Crippen molar-refractivity contribution in [1.82, 2.24) is 14.3 Å². The molecule has 0 radical (unpaired) electrons. The van der Waals surface area contributed by atoms with E-state index < -0.39 is 0 Å². The summed E-state index contributed by atoms with van der Waals surface area (Å²) in [4.78, 5) is 37.2. The van der Waals surface area contributed by atoms with Crippen LogP contribution in [-0.2, 0) is 4.79 Å². The molecule has 0 bridgehead atoms. The number of carbonyl (C=O) groups is 1. The van der Waals surface area contributed by atoms with Crippen LogP contribution in [0.4, 0.5) is 5.82 Å². The molecule has 2 saturated heterocycles. The largest absolute Gasteiger partial charge is 0.345 e. The van der Waals surface area contributed by atoms with Crippen LogP contribution in [0.1, 0.15) is 30.9 Å². The minimum absolute atomic E-state index is 0.119. The third-order valence-corrected chi connectivity index (χ3v) is 7.24. The molecule has 2 aromatic rings. The Kier molecular flexibility index (Phi) is 6.45. The lowest BCUT2D eigenvalue weighted by Gasteiger charge is -2.31. The van der Waals surface area contributed by atoms with Crippen molar-refractivity contribution in [3.8, 4) is 0 Å². The van der Waals surface area contributed by atoms with Crippen molar-refractivity contribution in [2.75, 3.05) is 44.7 Å². The van der Waals surface area contributed by atoms with E-state index in [1.807, 2.05) is 19.1 Å². The summed E-state index contributed by atoms with van der Waals surface area (Å²) >= 11 is 6.71. The van der Waals surface area contributed by atoms with E-state index in [1.165, 1.54) is 16.7 Å². The molecule has 0 atom stereocenters. The van der Waals surface area contributed by atoms with E-state index >= 15 is 0 Å². The van der Waals surface area contributed by atoms with Crippen LogP contribution in [0, 0.1) is 6.92 Å². The Balaban J connectivity index is 1.83. The third-order valence-electron chi connectivity index (χ3n) is 5.86. The number of nitrogens with zero attached hydrogens (tertiary/aromatic N) is 4. The van der Waals surface area contributed by atoms with Crippen molar-refractivity contribution in [3.63, 3.8) is 0 Å². The summed E-state index contributed by atoms with van der Waals surface area (Å²) in [7, 11) is 2.17. The fraction of sp³-hybridized carbons (Fsp3) is 0.455. The maximum Gasteiger partial charge on any atom is 0.267 e. The highest BCUT2D eigenvalue weighted by Gasteiger charge is 2.32. The second kappa shape index (κ2) is 9.10. The van der Waals surface area contributed by atoms with Gasteiger partial charge in [-0.15, -0.1) is 0 Å². The first-order chi connectivity index (χ1) is 14.9. The minimum Gasteiger partial charge on any atom is -0.345 e. The average Bonchev–Trinajstić information content (AvgIpc) is 3.02. The van der Waals surface area contributed by atoms with Crippen LogP contribution in [0.3, 0.4) is 0 Å². The number of pyridine rings is 1. The number of hydrogen-bond acceptors (Lipinski definition) is 6. The van der Waals surface area contributed by atoms with Crippen LogP contribution in [0.15, 0.2) is 28.0 Å². The van der Waals surface area contributed by atoms with Crippen molar-refractivity contribution in [2.24, 2.45) is 0 Å². The third kappa shape index (κ3) is 4.26. The highest BCUT2D eigenvalue weighted by molar-refractivity contribution is 8.26. The number of anilines is 1. The summed E-state index contributed by atoms with van der Waals surface area (Å²) in [6.07, 6.45) is 5.32. The van der Waals surface area contributed by atoms with Crippen LogP contribution in [-0.4, -0.2) is 64.3 Å². The number of thiocarbonyl (C=S) groups is 1. The molecule has 4 rings (SSSR count). The number of piperazine rings is 1. The molecule has 31 heavy (non-hydrogen) atoms. The van der Waals surface area contributed by atoms with Gasteiger partial charge in [0.25, 0.3) is 11.5 Å². The predicted octanol–water partition coefficient (Wildman–Crippen LogP) is 1.34. The van der Waals surface area contributed by atoms with Gasteiger partial charge in [0.2, 0.25) is 0 Å². The normalized spacial score (nSPS) is 19.3. The predicted molar refractivity (Wildman–Crippen MR) is 130 cm³/mol. The van der Waals surface area contributed by atoms with Crippen LogP contribution in [0.5, 0.6) is 0 Å². The summed E-state index contributed by atoms with van der Waals surface area (Å²) in [6.45, 7) is 8.25. The standard InChI is InChI=1S/C22H27N5O2S2/c1-4-5-8-27-21(29)17(31-22(27)30)14-16-19(25-12-10-24(3)11-13-25)23-18-15(2)7-6-9-26(18)20(16)28/h6-7,9,14H,4-5,8,10-13H2,1-3H3/p+1/b17-14-. The molecule has 0 aromatic carbocycles. The number of hydrogen-bond donors (Lipinski definition) is 1. The zero-order chi connectivity index (χ0) is 22.1. The van der Waals surface area contributed by atoms with Crippen molar-refractivity contribution >= 4 is 51.7 Å². The van der Waals surface area contributed by atoms with Gasteiger partial charge in [-0.25, -0.2) is 4.98 Å². The van der Waals surface area contributed by atoms with Gasteiger partial charge in [-0.2, -0.15) is 0 Å². The molecular weight excluding hydrogens is 430 g/mol. The molecule has 2 aromatic heterocycles. The smallest absolute Gasteiger partial charge is 0.267 e. The number of unbranched alkanes of at least 4 members (excludes halogenated alkanes) is 1. The lowest BCUT2D eigenvalue weighted by molar-refractivity contribution is -0.880. The molecule has 1 amide bonds. The van der Waals surface area contributed by atoms with Crippen molar-refractivity contribution in [2.45, 2.75) is 26.7 Å². The second-order valence-electron chi connectivity index (χ2n) is 8.17. The van der Waals surface area contributed by atoms with Gasteiger partial charge in [0.15, 0.2) is 0 Å². The number of aromatic nitrogens is 2. The summed E-state index contributed by atoms with van der Waals surface area (Å²) in [5.74, 6) is 0.539. The van der Waals surface area contributed by atoms with Gasteiger partial charge in [-0.1, -0.05) is 43.4 Å². The van der Waals surface area contributed by atoms with E-state index in [0.29, 0.717) is 32.8 Å². The number of likely N-dealkylation sites (N-methyl/N-ethyl adjacent to an activating group) is 1. The SMILES string of the molecule is CCCCN1C(=O)/C(=C/c2c(N3CC[NH+](C)CC3)nc3c(C)cccn3c2=O)SC1=S. The highest BCUT2D eigenvalue weighted by Crippen LogP contribution is 2.33. The molecule has 1 N–H and O–H groups in total. The highest BCUT2D eigenvalue weighted by atomic mass is 32.2. The molecule has 2 fully saturated rings. The number of nitrogens with one attached hydrogen (secondary N) is 1. The second-order valence-corrected chi connectivity index (χ2v) is 9.85. The monoisotopic (exact) mass is 458 g/mol. The molecule has 4 heterocycles. The van der Waals surface area contributed by atoms with Crippen LogP contribution < -0.4 is 15.4 Å². The molecular formula is C22H28N5O2S2+. The summed E-state index contributed by atoms with van der Waals surface area (Å²) < 4.78 is 2.13. The van der Waals surface area contributed by atoms with Gasteiger partial charge < -0.3 is 9.80 Å². The number of thioether (sulfide) groups is 1. The van der Waals surface area contributed by atoms with Gasteiger partial charge in [-0.05, 0) is 31.1 Å². The summed E-state index contributed by atoms with van der Waals surface area (Å²) in [6, 6.07) is 3.80. The number of fused-ring (bicyclic) bond motifs is 1. The van der Waals surface area contributed by atoms with E-state index in [9.17, 15) is 9.59 Å². The number of quaternary nitrogens is 1. The van der Waals surface area contributed by atoms with Crippen molar-refractivity contribution in [1.29, 1.82) is 0 Å². The zero-order valence-corrected chi connectivity index (χ0v) is 19.8. The molecule has 2 aliphatic rings. The molecule has 164 valence electrons. The maximum absolute atomic E-state index is 13.5. The molecule has 0 aliphatic carbocycles. The lowest BCUT2D eigenvalue weighted by Crippen LogP contribution is -3.12. The molecule has 0 unspecified atom stereocenters. The Hall–Kier alpha value is -2.23. The topological polar surface area (TPSA) is 62.4 Å². The van der Waals surface area contributed by atoms with E-state index in [4.69, 9.17) is 17.2 Å². The fourth-order valence-corrected chi connectivity index (χ4v) is 5.20. The van der Waals surface area contributed by atoms with Crippen LogP contribution in [0.25, 0.3) is 11.7 Å². The first-order valence-electron chi connectivity index (χ1n) is 10.7. The summed E-state index contributed by atoms with van der Waals surface area (Å²) in [5.41, 5.74) is 1.90. The van der Waals surface area contributed by atoms with Crippen LogP contribution >= 0.6 is 24.0 Å². The van der Waals surface area contributed by atoms with Crippen LogP contribution in [0.2, 0.25) is 0 Å². The zero-order valence-electron chi connectivity index (χ0n) is 18.2. The molecule has 9 heteroatoms. The first-order valence-corrected chi connectivity index (χ1v) is 12.0.